The molecule has 0 aliphatic carbocycles. The molecule has 0 fully saturated rings. The lowest BCUT2D eigenvalue weighted by atomic mass is 10.1. The summed E-state index contributed by atoms with van der Waals surface area (Å²) < 4.78 is 5.11. The standard InChI is InChI=1S/C14H27NO3/c1-5-6-9-13(16)15-12(4)14(17)18-10-7-8-11(2)3/h11-12H,5-10H2,1-4H3,(H,15,16). The SMILES string of the molecule is CCCCC(=O)NC(C)C(=O)OCCCC(C)C. The molecule has 0 saturated heterocycles. The van der Waals surface area contributed by atoms with Crippen molar-refractivity contribution < 1.29 is 14.3 Å². The van der Waals surface area contributed by atoms with E-state index in [-0.39, 0.29) is 11.9 Å². The van der Waals surface area contributed by atoms with E-state index in [9.17, 15) is 9.59 Å². The topological polar surface area (TPSA) is 55.4 Å². The predicted molar refractivity (Wildman–Crippen MR) is 72.2 cm³/mol. The van der Waals surface area contributed by atoms with Gasteiger partial charge in [0.25, 0.3) is 0 Å². The van der Waals surface area contributed by atoms with Crippen LogP contribution in [0.15, 0.2) is 0 Å². The van der Waals surface area contributed by atoms with Gasteiger partial charge in [-0.25, -0.2) is 4.79 Å². The number of nitrogens with one attached hydrogen (secondary N) is 1. The lowest BCUT2D eigenvalue weighted by Crippen LogP contribution is -2.39. The van der Waals surface area contributed by atoms with Crippen molar-refractivity contribution >= 4 is 11.9 Å². The maximum Gasteiger partial charge on any atom is 0.328 e. The summed E-state index contributed by atoms with van der Waals surface area (Å²) in [7, 11) is 0. The fourth-order valence-corrected chi connectivity index (χ4v) is 1.50. The minimum absolute atomic E-state index is 0.0801. The van der Waals surface area contributed by atoms with Gasteiger partial charge in [0.1, 0.15) is 6.04 Å². The van der Waals surface area contributed by atoms with Crippen LogP contribution in [-0.4, -0.2) is 24.5 Å². The van der Waals surface area contributed by atoms with Crippen molar-refractivity contribution in [2.45, 2.75) is 65.8 Å². The Bertz CT molecular complexity index is 251. The zero-order chi connectivity index (χ0) is 14.0. The molecular formula is C14H27NO3. The molecule has 0 rings (SSSR count). The average Bonchev–Trinajstić information content (AvgIpc) is 2.31. The smallest absolute Gasteiger partial charge is 0.328 e. The lowest BCUT2D eigenvalue weighted by Gasteiger charge is -2.13. The normalized spacial score (nSPS) is 12.3. The molecule has 0 saturated carbocycles. The zero-order valence-corrected chi connectivity index (χ0v) is 12.1. The molecule has 0 aromatic heterocycles. The summed E-state index contributed by atoms with van der Waals surface area (Å²) in [4.78, 5) is 23.0. The molecule has 0 aromatic rings. The van der Waals surface area contributed by atoms with Crippen LogP contribution < -0.4 is 5.32 Å². The Labute approximate surface area is 110 Å². The molecule has 0 spiro atoms. The minimum atomic E-state index is -0.548. The van der Waals surface area contributed by atoms with Gasteiger partial charge < -0.3 is 10.1 Å². The van der Waals surface area contributed by atoms with Crippen molar-refractivity contribution in [1.29, 1.82) is 0 Å². The third-order valence-electron chi connectivity index (χ3n) is 2.66. The number of amides is 1. The van der Waals surface area contributed by atoms with Crippen LogP contribution in [0.4, 0.5) is 0 Å². The molecule has 4 nitrogen and oxygen atoms in total. The number of hydrogen-bond donors (Lipinski definition) is 1. The maximum absolute atomic E-state index is 11.6. The summed E-state index contributed by atoms with van der Waals surface area (Å²) in [6.07, 6.45) is 4.22. The van der Waals surface area contributed by atoms with Crippen molar-refractivity contribution in [2.75, 3.05) is 6.61 Å². The first-order valence-corrected chi connectivity index (χ1v) is 6.93. The molecule has 18 heavy (non-hydrogen) atoms. The zero-order valence-electron chi connectivity index (χ0n) is 12.1. The van der Waals surface area contributed by atoms with E-state index in [0.29, 0.717) is 18.9 Å². The Morgan fingerprint density at radius 1 is 1.17 bits per heavy atom. The lowest BCUT2D eigenvalue weighted by molar-refractivity contribution is -0.147. The van der Waals surface area contributed by atoms with E-state index in [1.807, 2.05) is 6.92 Å². The Kier molecular flexibility index (Phi) is 9.33. The molecule has 1 unspecified atom stereocenters. The first-order valence-electron chi connectivity index (χ1n) is 6.93. The van der Waals surface area contributed by atoms with Gasteiger partial charge in [0.2, 0.25) is 5.91 Å². The van der Waals surface area contributed by atoms with Gasteiger partial charge in [-0.2, -0.15) is 0 Å². The van der Waals surface area contributed by atoms with Crippen molar-refractivity contribution in [3.05, 3.63) is 0 Å². The highest BCUT2D eigenvalue weighted by atomic mass is 16.5. The number of carbonyl (C=O) groups excluding carboxylic acids is 2. The van der Waals surface area contributed by atoms with Crippen LogP contribution in [0.2, 0.25) is 0 Å². The second kappa shape index (κ2) is 9.92. The van der Waals surface area contributed by atoms with Crippen LogP contribution in [0, 0.1) is 5.92 Å². The molecule has 1 atom stereocenters. The van der Waals surface area contributed by atoms with E-state index >= 15 is 0 Å². The molecule has 0 aliphatic rings. The van der Waals surface area contributed by atoms with E-state index in [4.69, 9.17) is 4.74 Å². The number of unbranched alkanes of at least 4 members (excludes halogenated alkanes) is 1. The fraction of sp³-hybridized carbons (Fsp3) is 0.857. The number of hydrogen-bond acceptors (Lipinski definition) is 3. The fourth-order valence-electron chi connectivity index (χ4n) is 1.50. The van der Waals surface area contributed by atoms with Gasteiger partial charge in [-0.05, 0) is 32.1 Å². The molecule has 0 aliphatic heterocycles. The molecule has 1 amide bonds. The van der Waals surface area contributed by atoms with Gasteiger partial charge in [-0.3, -0.25) is 4.79 Å². The van der Waals surface area contributed by atoms with Gasteiger partial charge in [-0.15, -0.1) is 0 Å². The molecular weight excluding hydrogens is 230 g/mol. The number of ether oxygens (including phenoxy) is 1. The highest BCUT2D eigenvalue weighted by Crippen LogP contribution is 2.03. The number of rotatable bonds is 9. The summed E-state index contributed by atoms with van der Waals surface area (Å²) in [5.74, 6) is 0.196. The molecule has 4 heteroatoms. The second-order valence-corrected chi connectivity index (χ2v) is 5.10. The van der Waals surface area contributed by atoms with Gasteiger partial charge in [0, 0.05) is 6.42 Å². The Morgan fingerprint density at radius 2 is 1.83 bits per heavy atom. The van der Waals surface area contributed by atoms with E-state index < -0.39 is 6.04 Å². The molecule has 0 aromatic carbocycles. The van der Waals surface area contributed by atoms with Crippen molar-refractivity contribution in [2.24, 2.45) is 5.92 Å². The van der Waals surface area contributed by atoms with Crippen molar-refractivity contribution in [3.8, 4) is 0 Å². The van der Waals surface area contributed by atoms with E-state index in [0.717, 1.165) is 25.7 Å². The Balaban J connectivity index is 3.72. The summed E-state index contributed by atoms with van der Waals surface area (Å²) >= 11 is 0. The van der Waals surface area contributed by atoms with Crippen LogP contribution in [-0.2, 0) is 14.3 Å². The third-order valence-corrected chi connectivity index (χ3v) is 2.66. The predicted octanol–water partition coefficient (Wildman–Crippen LogP) is 2.66. The van der Waals surface area contributed by atoms with E-state index in [2.05, 4.69) is 19.2 Å². The van der Waals surface area contributed by atoms with E-state index in [1.54, 1.807) is 6.92 Å². The molecule has 0 bridgehead atoms. The Morgan fingerprint density at radius 3 is 2.39 bits per heavy atom. The summed E-state index contributed by atoms with van der Waals surface area (Å²) in [6.45, 7) is 8.40. The van der Waals surface area contributed by atoms with Crippen molar-refractivity contribution in [1.82, 2.24) is 5.32 Å². The van der Waals surface area contributed by atoms with Gasteiger partial charge in [0.05, 0.1) is 6.61 Å². The van der Waals surface area contributed by atoms with Gasteiger partial charge in [-0.1, -0.05) is 27.2 Å². The molecule has 106 valence electrons. The van der Waals surface area contributed by atoms with Crippen LogP contribution in [0.3, 0.4) is 0 Å². The van der Waals surface area contributed by atoms with Crippen LogP contribution in [0.5, 0.6) is 0 Å². The first-order chi connectivity index (χ1) is 8.47. The largest absolute Gasteiger partial charge is 0.464 e. The van der Waals surface area contributed by atoms with Gasteiger partial charge in [0.15, 0.2) is 0 Å². The van der Waals surface area contributed by atoms with E-state index in [1.165, 1.54) is 0 Å². The Hall–Kier alpha value is -1.06. The molecule has 1 N–H and O–H groups in total. The molecule has 0 radical (unpaired) electrons. The molecule has 0 heterocycles. The quantitative estimate of drug-likeness (QED) is 0.510. The summed E-state index contributed by atoms with van der Waals surface area (Å²) in [5, 5.41) is 2.65. The first kappa shape index (κ1) is 16.9. The maximum atomic E-state index is 11.6. The number of esters is 1. The monoisotopic (exact) mass is 257 g/mol. The van der Waals surface area contributed by atoms with Crippen molar-refractivity contribution in [3.63, 3.8) is 0 Å². The average molecular weight is 257 g/mol. The highest BCUT2D eigenvalue weighted by molar-refractivity contribution is 5.84. The van der Waals surface area contributed by atoms with Crippen LogP contribution in [0.25, 0.3) is 0 Å². The highest BCUT2D eigenvalue weighted by Gasteiger charge is 2.16. The summed E-state index contributed by atoms with van der Waals surface area (Å²) in [6, 6.07) is -0.548. The van der Waals surface area contributed by atoms with Gasteiger partial charge >= 0.3 is 5.97 Å². The third kappa shape index (κ3) is 9.02. The van der Waals surface area contributed by atoms with Crippen LogP contribution in [0.1, 0.15) is 59.8 Å². The second-order valence-electron chi connectivity index (χ2n) is 5.10. The van der Waals surface area contributed by atoms with Crippen LogP contribution >= 0.6 is 0 Å². The number of carbonyl (C=O) groups is 2. The minimum Gasteiger partial charge on any atom is -0.464 e. The summed E-state index contributed by atoms with van der Waals surface area (Å²) in [5.41, 5.74) is 0.